The number of carbonyl (C=O) groups is 1. The minimum absolute atomic E-state index is 0.184. The molecule has 0 aromatic heterocycles. The summed E-state index contributed by atoms with van der Waals surface area (Å²) < 4.78 is 0. The van der Waals surface area contributed by atoms with Crippen molar-refractivity contribution >= 4 is 17.6 Å². The van der Waals surface area contributed by atoms with Crippen LogP contribution in [0.5, 0.6) is 0 Å². The molecule has 0 heterocycles. The summed E-state index contributed by atoms with van der Waals surface area (Å²) in [5, 5.41) is 9.42. The van der Waals surface area contributed by atoms with Gasteiger partial charge in [0.1, 0.15) is 0 Å². The van der Waals surface area contributed by atoms with E-state index in [1.807, 2.05) is 13.8 Å². The third-order valence-electron chi connectivity index (χ3n) is 2.32. The number of carboxylic acid groups (broad SMARTS) is 1. The molecule has 0 aliphatic carbocycles. The van der Waals surface area contributed by atoms with Gasteiger partial charge in [0, 0.05) is 11.1 Å². The normalized spacial score (nSPS) is 12.9. The second-order valence-electron chi connectivity index (χ2n) is 3.81. The summed E-state index contributed by atoms with van der Waals surface area (Å²) in [6, 6.07) is 4.48. The SMILES string of the molecule is CC(C)C(N)c1ccc(Cl)cc1C(=O)O. The van der Waals surface area contributed by atoms with Crippen LogP contribution >= 0.6 is 11.6 Å². The molecule has 3 nitrogen and oxygen atoms in total. The van der Waals surface area contributed by atoms with Gasteiger partial charge in [-0.15, -0.1) is 0 Å². The summed E-state index contributed by atoms with van der Waals surface area (Å²) in [5.74, 6) is -0.812. The summed E-state index contributed by atoms with van der Waals surface area (Å²) in [7, 11) is 0. The first-order valence-corrected chi connectivity index (χ1v) is 5.09. The fraction of sp³-hybridized carbons (Fsp3) is 0.364. The Kier molecular flexibility index (Phi) is 3.72. The van der Waals surface area contributed by atoms with E-state index in [-0.39, 0.29) is 17.5 Å². The van der Waals surface area contributed by atoms with Gasteiger partial charge in [0.05, 0.1) is 5.56 Å². The van der Waals surface area contributed by atoms with Crippen LogP contribution in [0.2, 0.25) is 5.02 Å². The van der Waals surface area contributed by atoms with Gasteiger partial charge in [0.25, 0.3) is 0 Å². The summed E-state index contributed by atoms with van der Waals surface area (Å²) in [4.78, 5) is 11.0. The number of halogens is 1. The minimum Gasteiger partial charge on any atom is -0.478 e. The molecule has 0 spiro atoms. The van der Waals surface area contributed by atoms with E-state index in [2.05, 4.69) is 0 Å². The molecule has 0 fully saturated rings. The van der Waals surface area contributed by atoms with E-state index in [0.717, 1.165) is 0 Å². The van der Waals surface area contributed by atoms with Crippen molar-refractivity contribution in [2.45, 2.75) is 19.9 Å². The predicted octanol–water partition coefficient (Wildman–Crippen LogP) is 2.69. The molecule has 1 aromatic carbocycles. The molecule has 0 aliphatic heterocycles. The van der Waals surface area contributed by atoms with Crippen LogP contribution in [-0.4, -0.2) is 11.1 Å². The Labute approximate surface area is 93.9 Å². The lowest BCUT2D eigenvalue weighted by Crippen LogP contribution is -2.19. The number of hydrogen-bond acceptors (Lipinski definition) is 2. The number of hydrogen-bond donors (Lipinski definition) is 2. The van der Waals surface area contributed by atoms with Crippen molar-refractivity contribution in [3.05, 3.63) is 34.3 Å². The van der Waals surface area contributed by atoms with Crippen LogP contribution in [0, 0.1) is 5.92 Å². The average molecular weight is 228 g/mol. The third-order valence-corrected chi connectivity index (χ3v) is 2.56. The van der Waals surface area contributed by atoms with E-state index in [0.29, 0.717) is 10.6 Å². The zero-order chi connectivity index (χ0) is 11.6. The first-order chi connectivity index (χ1) is 6.93. The quantitative estimate of drug-likeness (QED) is 0.835. The largest absolute Gasteiger partial charge is 0.478 e. The van der Waals surface area contributed by atoms with Crippen molar-refractivity contribution in [3.63, 3.8) is 0 Å². The number of rotatable bonds is 3. The van der Waals surface area contributed by atoms with E-state index in [1.54, 1.807) is 12.1 Å². The Morgan fingerprint density at radius 1 is 1.47 bits per heavy atom. The van der Waals surface area contributed by atoms with E-state index >= 15 is 0 Å². The highest BCUT2D eigenvalue weighted by molar-refractivity contribution is 6.30. The summed E-state index contributed by atoms with van der Waals surface area (Å²) in [6.07, 6.45) is 0. The van der Waals surface area contributed by atoms with E-state index < -0.39 is 5.97 Å². The number of carboxylic acids is 1. The topological polar surface area (TPSA) is 63.3 Å². The molecular formula is C11H14ClNO2. The van der Waals surface area contributed by atoms with Gasteiger partial charge >= 0.3 is 5.97 Å². The van der Waals surface area contributed by atoms with Crippen LogP contribution in [-0.2, 0) is 0 Å². The molecule has 82 valence electrons. The Balaban J connectivity index is 3.22. The van der Waals surface area contributed by atoms with Crippen LogP contribution in [0.1, 0.15) is 35.8 Å². The molecule has 0 amide bonds. The Hall–Kier alpha value is -1.06. The molecule has 0 saturated carbocycles. The lowest BCUT2D eigenvalue weighted by molar-refractivity contribution is 0.0695. The van der Waals surface area contributed by atoms with Crippen molar-refractivity contribution in [3.8, 4) is 0 Å². The predicted molar refractivity (Wildman–Crippen MR) is 60.2 cm³/mol. The summed E-state index contributed by atoms with van der Waals surface area (Å²) >= 11 is 5.74. The Morgan fingerprint density at radius 2 is 2.07 bits per heavy atom. The second kappa shape index (κ2) is 4.64. The maximum atomic E-state index is 11.0. The highest BCUT2D eigenvalue weighted by Crippen LogP contribution is 2.25. The fourth-order valence-electron chi connectivity index (χ4n) is 1.36. The Bertz CT molecular complexity index is 377. The smallest absolute Gasteiger partial charge is 0.336 e. The van der Waals surface area contributed by atoms with E-state index in [9.17, 15) is 4.79 Å². The Morgan fingerprint density at radius 3 is 2.53 bits per heavy atom. The summed E-state index contributed by atoms with van der Waals surface area (Å²) in [6.45, 7) is 3.90. The first kappa shape index (κ1) is 12.0. The van der Waals surface area contributed by atoms with Gasteiger partial charge in [0.15, 0.2) is 0 Å². The van der Waals surface area contributed by atoms with Gasteiger partial charge in [-0.05, 0) is 23.6 Å². The van der Waals surface area contributed by atoms with Gasteiger partial charge in [-0.25, -0.2) is 4.79 Å². The van der Waals surface area contributed by atoms with Crippen molar-refractivity contribution < 1.29 is 9.90 Å². The monoisotopic (exact) mass is 227 g/mol. The van der Waals surface area contributed by atoms with Crippen LogP contribution in [0.25, 0.3) is 0 Å². The molecule has 0 saturated heterocycles. The molecule has 1 unspecified atom stereocenters. The van der Waals surface area contributed by atoms with Gasteiger partial charge < -0.3 is 10.8 Å². The molecule has 15 heavy (non-hydrogen) atoms. The number of aromatic carboxylic acids is 1. The van der Waals surface area contributed by atoms with Gasteiger partial charge in [0.2, 0.25) is 0 Å². The van der Waals surface area contributed by atoms with E-state index in [4.69, 9.17) is 22.4 Å². The van der Waals surface area contributed by atoms with Crippen molar-refractivity contribution in [2.75, 3.05) is 0 Å². The summed E-state index contributed by atoms with van der Waals surface area (Å²) in [5.41, 5.74) is 6.73. The van der Waals surface area contributed by atoms with Gasteiger partial charge in [-0.1, -0.05) is 31.5 Å². The molecule has 0 bridgehead atoms. The first-order valence-electron chi connectivity index (χ1n) is 4.71. The molecule has 1 atom stereocenters. The van der Waals surface area contributed by atoms with Gasteiger partial charge in [-0.3, -0.25) is 0 Å². The third kappa shape index (κ3) is 2.70. The van der Waals surface area contributed by atoms with Gasteiger partial charge in [-0.2, -0.15) is 0 Å². The highest BCUT2D eigenvalue weighted by Gasteiger charge is 2.18. The second-order valence-corrected chi connectivity index (χ2v) is 4.24. The average Bonchev–Trinajstić information content (AvgIpc) is 2.16. The molecule has 0 aliphatic rings. The maximum absolute atomic E-state index is 11.0. The molecule has 1 aromatic rings. The van der Waals surface area contributed by atoms with Crippen molar-refractivity contribution in [2.24, 2.45) is 11.7 Å². The lowest BCUT2D eigenvalue weighted by atomic mass is 9.93. The van der Waals surface area contributed by atoms with Crippen molar-refractivity contribution in [1.82, 2.24) is 0 Å². The standard InChI is InChI=1S/C11H14ClNO2/c1-6(2)10(13)8-4-3-7(12)5-9(8)11(14)15/h3-6,10H,13H2,1-2H3,(H,14,15). The molecule has 4 heteroatoms. The fourth-order valence-corrected chi connectivity index (χ4v) is 1.54. The maximum Gasteiger partial charge on any atom is 0.336 e. The van der Waals surface area contributed by atoms with Crippen molar-refractivity contribution in [1.29, 1.82) is 0 Å². The van der Waals surface area contributed by atoms with Crippen LogP contribution in [0.3, 0.4) is 0 Å². The number of benzene rings is 1. The molecular weight excluding hydrogens is 214 g/mol. The zero-order valence-corrected chi connectivity index (χ0v) is 9.45. The van der Waals surface area contributed by atoms with Crippen LogP contribution in [0.4, 0.5) is 0 Å². The highest BCUT2D eigenvalue weighted by atomic mass is 35.5. The zero-order valence-electron chi connectivity index (χ0n) is 8.70. The number of nitrogens with two attached hydrogens (primary N) is 1. The molecule has 3 N–H and O–H groups in total. The minimum atomic E-state index is -0.997. The van der Waals surface area contributed by atoms with Crippen LogP contribution in [0.15, 0.2) is 18.2 Å². The molecule has 0 radical (unpaired) electrons. The van der Waals surface area contributed by atoms with Crippen LogP contribution < -0.4 is 5.73 Å². The lowest BCUT2D eigenvalue weighted by Gasteiger charge is -2.18. The molecule has 1 rings (SSSR count). The van der Waals surface area contributed by atoms with E-state index in [1.165, 1.54) is 6.07 Å².